The van der Waals surface area contributed by atoms with Crippen LogP contribution < -0.4 is 130 Å². The zero-order chi connectivity index (χ0) is 102. The molecule has 139 heavy (non-hydrogen) atoms. The zero-order valence-corrected chi connectivity index (χ0v) is 96.6. The van der Waals surface area contributed by atoms with Crippen LogP contribution in [0.15, 0.2) is 87.9 Å². The molecule has 8 aliphatic rings. The van der Waals surface area contributed by atoms with E-state index in [0.717, 1.165) is 67.0 Å². The van der Waals surface area contributed by atoms with Gasteiger partial charge in [0.1, 0.15) is 72.4 Å². The van der Waals surface area contributed by atoms with Crippen molar-refractivity contribution in [1.82, 2.24) is 16.0 Å². The summed E-state index contributed by atoms with van der Waals surface area (Å²) in [5.41, 5.74) is 4.98. The second kappa shape index (κ2) is 46.0. The van der Waals surface area contributed by atoms with Crippen molar-refractivity contribution in [2.45, 2.75) is 236 Å². The largest absolute Gasteiger partial charge is 1.00 e. The Morgan fingerprint density at radius 2 is 0.820 bits per heavy atom. The smallest absolute Gasteiger partial charge is 1.00 e. The summed E-state index contributed by atoms with van der Waals surface area (Å²) >= 11 is 33.7. The third-order valence-electron chi connectivity index (χ3n) is 23.3. The zero-order valence-electron chi connectivity index (χ0n) is 79.2. The topological polar surface area (TPSA) is 338 Å². The Morgan fingerprint density at radius 3 is 1.11 bits per heavy atom. The molecule has 7 aromatic rings. The standard InChI is InChI=1S/C22H19ClF3NO2S2.C22H31ClN2O4S2Si.C21H18ClF3N2O2S2.C19H23ClN2O4S2.C7H4BrF3.CH2O3.2K.H/c1-13-22(7-4-8-22)31(28,29)12-21(2,27-13)20-16(23)11-15(30-20)6-3-5-14-9-17(24)19(26)18(25)10-14;1-20(2,3)29-19(26)24-18-22(10-8-11-22)31(27,28)14-21(4,25-18)17-16(23)13-15(30-17)9-12-32(5,6)7;1-20(11-31(28,29)21(6-3-7-21)19(26)27-20)18-14(22)10-13(30-18)5-2-4-12-8-15(23)17(25)16(24)9-12;1-6-12-10-13(20)14(27-12)18(5)11-28(24,25)19(8-7-9-19)15(22-18)21-16(23)26-17(2,3)4;8-3-4-1-5(9)7(11)6(10)2-4;2-1-4-3;;;/h9-11,27H,1,4-5,7-8,12H2,2H3;13H,8,10-11,14H2,1-7H3,(H,24,25,26);8-10H,3-4,6-7,11H2,1H3,(H2,26,27);1,10H,7-9,11H2,2-5H3,(H,21,22,23);1-2H,3H2;1,3H;;;/q;;;;;;2*+1;-1/p-1/t2*21-;20-;18-;;;;;/m0000...../s1. The molecule has 0 unspecified atom stereocenters. The van der Waals surface area contributed by atoms with Crippen LogP contribution in [0.4, 0.5) is 49.1 Å². The first-order chi connectivity index (χ1) is 63.3. The number of amides is 2. The summed E-state index contributed by atoms with van der Waals surface area (Å²) in [6.45, 7) is 27.7. The van der Waals surface area contributed by atoms with Gasteiger partial charge in [0.05, 0.1) is 87.7 Å². The van der Waals surface area contributed by atoms with Gasteiger partial charge in [-0.1, -0.05) is 124 Å². The van der Waals surface area contributed by atoms with E-state index < -0.39 is 164 Å². The van der Waals surface area contributed by atoms with Crippen molar-refractivity contribution in [3.63, 3.8) is 0 Å². The predicted molar refractivity (Wildman–Crippen MR) is 525 cm³/mol. The van der Waals surface area contributed by atoms with E-state index in [4.69, 9.17) is 88.1 Å². The molecule has 8 heterocycles. The third-order valence-corrected chi connectivity index (χ3v) is 42.7. The van der Waals surface area contributed by atoms with Crippen LogP contribution in [0.5, 0.6) is 0 Å². The molecule has 3 aromatic carbocycles. The number of rotatable bonds is 8. The minimum absolute atomic E-state index is 0. The third kappa shape index (κ3) is 26.9. The molecule has 5 fully saturated rings. The number of nitrogens with two attached hydrogens (primary N) is 1. The van der Waals surface area contributed by atoms with Crippen molar-refractivity contribution in [2.24, 2.45) is 20.7 Å². The first-order valence-electron chi connectivity index (χ1n) is 42.1. The van der Waals surface area contributed by atoms with Crippen LogP contribution in [-0.2, 0) is 98.8 Å². The van der Waals surface area contributed by atoms with Crippen molar-refractivity contribution >= 4 is 191 Å². The first kappa shape index (κ1) is 120. The SMILES string of the molecule is C#Cc1cc(Cl)c([C@]2(C)CS(=O)(=O)C3(CCC3)C(NC(=O)OC(C)(C)C)=N2)s1.C=C1N[C@](C)(c2sc(C#CCc3cc(F)c(F)c(F)c3)cc2Cl)CS(=O)(=O)C12CCC2.CC(C)(C)OC(=O)NC1=N[C@](C)(c2sc(C#C[Si](C)(C)C)cc2Cl)CS(=O)(=O)C12CCC2.C[C@@]1(c2sc(C#CCc3cc(F)c(F)c(F)c3)cc2Cl)CS(=O)(=O)C2(CCC2)C(N)=N1.Fc1cc(CBr)cc(F)c1F.O=CO[O-].[H-].[K+].[K+]. The van der Waals surface area contributed by atoms with Crippen LogP contribution in [0.1, 0.15) is 203 Å². The molecule has 4 saturated carbocycles. The maximum absolute atomic E-state index is 13.5. The van der Waals surface area contributed by atoms with Crippen LogP contribution >= 0.6 is 108 Å². The molecule has 0 radical (unpaired) electrons. The van der Waals surface area contributed by atoms with Gasteiger partial charge in [-0.15, -0.1) is 57.3 Å². The summed E-state index contributed by atoms with van der Waals surface area (Å²) in [5, 5.41) is 18.9. The van der Waals surface area contributed by atoms with Gasteiger partial charge in [0.15, 0.2) is 91.7 Å². The number of aliphatic imine (C=N–C) groups is 3. The van der Waals surface area contributed by atoms with Crippen molar-refractivity contribution in [2.75, 3.05) is 23.0 Å². The second-order valence-electron chi connectivity index (χ2n) is 37.6. The molecular formula is C92H97BrCl4F9K2N7O15S8Si. The van der Waals surface area contributed by atoms with Crippen molar-refractivity contribution in [1.29, 1.82) is 0 Å². The molecule has 4 aliphatic heterocycles. The van der Waals surface area contributed by atoms with Crippen molar-refractivity contribution < 1.29 is 211 Å². The fourth-order valence-electron chi connectivity index (χ4n) is 16.2. The summed E-state index contributed by atoms with van der Waals surface area (Å²) in [5.74, 6) is 4.94. The van der Waals surface area contributed by atoms with E-state index in [1.54, 1.807) is 93.5 Å². The number of hydrogen-bond acceptors (Lipinski definition) is 24. The molecular weight excluding hydrogens is 2200 g/mol. The quantitative estimate of drug-likeness (QED) is 0.0160. The van der Waals surface area contributed by atoms with Gasteiger partial charge in [0.2, 0.25) is 0 Å². The van der Waals surface area contributed by atoms with Gasteiger partial charge in [-0.3, -0.25) is 30.4 Å². The number of hydrogen-bond donors (Lipinski definition) is 4. The number of halogens is 14. The number of alkyl carbamates (subject to hydrolysis) is 2. The minimum Gasteiger partial charge on any atom is -1.00 e. The Labute approximate surface area is 935 Å². The van der Waals surface area contributed by atoms with Crippen molar-refractivity contribution in [3.05, 3.63) is 201 Å². The Balaban J connectivity index is 0.000000240. The van der Waals surface area contributed by atoms with Crippen LogP contribution in [0.3, 0.4) is 0 Å². The number of alkyl halides is 1. The Hall–Kier alpha value is -4.68. The number of terminal acetylenes is 1. The Kier molecular flexibility index (Phi) is 39.5. The summed E-state index contributed by atoms with van der Waals surface area (Å²) in [7, 11) is -15.7. The maximum Gasteiger partial charge on any atom is 1.00 e. The summed E-state index contributed by atoms with van der Waals surface area (Å²) in [6, 6.07) is 12.1. The molecule has 47 heteroatoms. The van der Waals surface area contributed by atoms with Crippen LogP contribution in [0.25, 0.3) is 0 Å². The van der Waals surface area contributed by atoms with Gasteiger partial charge >= 0.3 is 115 Å². The van der Waals surface area contributed by atoms with Crippen molar-refractivity contribution in [3.8, 4) is 47.5 Å². The average Bonchev–Trinajstić information content (AvgIpc) is 1.26. The van der Waals surface area contributed by atoms with E-state index in [9.17, 15) is 82.8 Å². The van der Waals surface area contributed by atoms with Gasteiger partial charge in [-0.05, 0) is 224 Å². The Morgan fingerprint density at radius 1 is 0.525 bits per heavy atom. The van der Waals surface area contributed by atoms with Gasteiger partial charge in [0.25, 0.3) is 6.47 Å². The fourth-order valence-corrected chi connectivity index (χ4v) is 33.6. The van der Waals surface area contributed by atoms with Gasteiger partial charge in [-0.2, -0.15) is 0 Å². The van der Waals surface area contributed by atoms with E-state index in [2.05, 4.69) is 109 Å². The monoisotopic (exact) mass is 2290 g/mol. The van der Waals surface area contributed by atoms with Crippen LogP contribution in [0, 0.1) is 99.8 Å². The number of thiophene rings is 4. The van der Waals surface area contributed by atoms with E-state index in [1.807, 2.05) is 0 Å². The van der Waals surface area contributed by atoms with Gasteiger partial charge in [-0.25, -0.2) is 82.8 Å². The molecule has 2 amide bonds. The molecule has 1 saturated heterocycles. The molecule has 4 aliphatic carbocycles. The second-order valence-corrected chi connectivity index (χ2v) is 57.9. The summed E-state index contributed by atoms with van der Waals surface area (Å²) in [4.78, 5) is 55.1. The number of benzene rings is 3. The van der Waals surface area contributed by atoms with Gasteiger partial charge < -0.3 is 32.1 Å². The predicted octanol–water partition coefficient (Wildman–Crippen LogP) is 14.0. The first-order valence-corrected chi connectivity index (χ1v) is 58.1. The minimum atomic E-state index is -3.61. The Bertz CT molecular complexity index is 6740. The average molecular weight is 2300 g/mol. The summed E-state index contributed by atoms with van der Waals surface area (Å²) < 4.78 is 229. The van der Waals surface area contributed by atoms with Gasteiger partial charge in [0, 0.05) is 23.9 Å². The number of nitrogens with zero attached hydrogens (tertiary/aromatic N) is 3. The number of carbonyl (C=O) groups is 3. The molecule has 22 nitrogen and oxygen atoms in total. The molecule has 0 bridgehead atoms. The number of ether oxygens (including phenoxy) is 2. The molecule has 742 valence electrons. The van der Waals surface area contributed by atoms with E-state index in [-0.39, 0.29) is 175 Å². The molecule has 4 aromatic heterocycles. The number of nitrogens with one attached hydrogen (secondary N) is 3. The maximum atomic E-state index is 13.5. The molecule has 5 N–H and O–H groups in total. The normalized spacial score (nSPS) is 22.1. The van der Waals surface area contributed by atoms with E-state index in [0.29, 0.717) is 122 Å². The van der Waals surface area contributed by atoms with Crippen LogP contribution in [-0.4, -0.2) is 131 Å². The fraction of sp³-hybridized carbons (Fsp3) is 0.457. The number of sulfone groups is 4. The van der Waals surface area contributed by atoms with E-state index >= 15 is 0 Å². The summed E-state index contributed by atoms with van der Waals surface area (Å²) in [6.07, 6.45) is 11.1. The molecule has 4 spiro atoms. The number of carbonyl (C=O) groups excluding carboxylic acids is 3. The number of amidine groups is 3. The molecule has 15 rings (SSSR count). The van der Waals surface area contributed by atoms with Crippen LogP contribution in [0.2, 0.25) is 39.7 Å². The van der Waals surface area contributed by atoms with E-state index in [1.165, 1.54) is 45.3 Å². The molecule has 4 atom stereocenters.